The normalized spacial score (nSPS) is 13.6. The molecule has 0 aliphatic heterocycles. The number of rotatable bonds is 3. The Morgan fingerprint density at radius 2 is 2.00 bits per heavy atom. The molecule has 0 bridgehead atoms. The zero-order valence-electron chi connectivity index (χ0n) is 9.42. The van der Waals surface area contributed by atoms with Crippen molar-refractivity contribution in [3.05, 3.63) is 28.2 Å². The van der Waals surface area contributed by atoms with Crippen LogP contribution in [0.4, 0.5) is 18.9 Å². The summed E-state index contributed by atoms with van der Waals surface area (Å²) in [5, 5.41) is 9.35. The summed E-state index contributed by atoms with van der Waals surface area (Å²) in [4.78, 5) is 1.11. The standard InChI is InChI=1S/C11H13BrF3NO/c1-7(17)8-3-4-10(9(12)5-8)16(2)6-11(13,14)15/h3-5,7,17H,6H2,1-2H3/t7-/m1/s1. The molecule has 96 valence electrons. The van der Waals surface area contributed by atoms with Crippen LogP contribution in [-0.4, -0.2) is 24.9 Å². The molecule has 1 aromatic rings. The Kier molecular flexibility index (Phi) is 4.43. The molecule has 0 radical (unpaired) electrons. The molecule has 6 heteroatoms. The maximum absolute atomic E-state index is 12.2. The fourth-order valence-electron chi connectivity index (χ4n) is 1.45. The highest BCUT2D eigenvalue weighted by atomic mass is 79.9. The van der Waals surface area contributed by atoms with E-state index in [0.29, 0.717) is 15.7 Å². The molecule has 1 rings (SSSR count). The number of nitrogens with zero attached hydrogens (tertiary/aromatic N) is 1. The third-order valence-corrected chi connectivity index (χ3v) is 2.92. The monoisotopic (exact) mass is 311 g/mol. The molecule has 0 spiro atoms. The van der Waals surface area contributed by atoms with Gasteiger partial charge < -0.3 is 10.0 Å². The van der Waals surface area contributed by atoms with Gasteiger partial charge in [-0.3, -0.25) is 0 Å². The molecule has 0 aliphatic rings. The van der Waals surface area contributed by atoms with Crippen molar-refractivity contribution in [1.82, 2.24) is 0 Å². The van der Waals surface area contributed by atoms with Gasteiger partial charge in [0.1, 0.15) is 6.54 Å². The molecular formula is C11H13BrF3NO. The van der Waals surface area contributed by atoms with E-state index >= 15 is 0 Å². The zero-order chi connectivity index (χ0) is 13.2. The quantitative estimate of drug-likeness (QED) is 0.923. The third kappa shape index (κ3) is 4.20. The molecule has 1 N–H and O–H groups in total. The van der Waals surface area contributed by atoms with Crippen LogP contribution in [0.15, 0.2) is 22.7 Å². The van der Waals surface area contributed by atoms with E-state index in [1.54, 1.807) is 25.1 Å². The van der Waals surface area contributed by atoms with Crippen molar-refractivity contribution < 1.29 is 18.3 Å². The Bertz CT molecular complexity index is 393. The number of anilines is 1. The fraction of sp³-hybridized carbons (Fsp3) is 0.455. The van der Waals surface area contributed by atoms with E-state index < -0.39 is 18.8 Å². The Hall–Kier alpha value is -0.750. The predicted octanol–water partition coefficient (Wildman–Crippen LogP) is 3.50. The van der Waals surface area contributed by atoms with Crippen molar-refractivity contribution >= 4 is 21.6 Å². The van der Waals surface area contributed by atoms with Crippen LogP contribution in [0.25, 0.3) is 0 Å². The number of hydrogen-bond acceptors (Lipinski definition) is 2. The molecule has 0 saturated heterocycles. The largest absolute Gasteiger partial charge is 0.405 e. The van der Waals surface area contributed by atoms with Crippen molar-refractivity contribution in [3.8, 4) is 0 Å². The van der Waals surface area contributed by atoms with E-state index in [2.05, 4.69) is 15.9 Å². The van der Waals surface area contributed by atoms with Gasteiger partial charge in [0.25, 0.3) is 0 Å². The lowest BCUT2D eigenvalue weighted by Crippen LogP contribution is -2.31. The van der Waals surface area contributed by atoms with Crippen LogP contribution in [-0.2, 0) is 0 Å². The van der Waals surface area contributed by atoms with E-state index in [1.165, 1.54) is 7.05 Å². The second-order valence-electron chi connectivity index (χ2n) is 3.86. The van der Waals surface area contributed by atoms with Crippen LogP contribution in [0.2, 0.25) is 0 Å². The maximum atomic E-state index is 12.2. The number of hydrogen-bond donors (Lipinski definition) is 1. The first-order valence-corrected chi connectivity index (χ1v) is 5.75. The van der Waals surface area contributed by atoms with E-state index in [-0.39, 0.29) is 0 Å². The minimum absolute atomic E-state index is 0.437. The second-order valence-corrected chi connectivity index (χ2v) is 4.71. The van der Waals surface area contributed by atoms with Crippen LogP contribution < -0.4 is 4.90 Å². The average Bonchev–Trinajstić information content (AvgIpc) is 2.14. The van der Waals surface area contributed by atoms with Gasteiger partial charge >= 0.3 is 6.18 Å². The van der Waals surface area contributed by atoms with E-state index in [0.717, 1.165) is 4.90 Å². The van der Waals surface area contributed by atoms with Gasteiger partial charge in [-0.15, -0.1) is 0 Å². The summed E-state index contributed by atoms with van der Waals surface area (Å²) >= 11 is 3.20. The number of alkyl halides is 3. The predicted molar refractivity (Wildman–Crippen MR) is 64.1 cm³/mol. The van der Waals surface area contributed by atoms with Crippen molar-refractivity contribution in [2.75, 3.05) is 18.5 Å². The average molecular weight is 312 g/mol. The lowest BCUT2D eigenvalue weighted by Gasteiger charge is -2.22. The van der Waals surface area contributed by atoms with Crippen LogP contribution in [0.1, 0.15) is 18.6 Å². The van der Waals surface area contributed by atoms with Gasteiger partial charge in [0, 0.05) is 11.5 Å². The minimum Gasteiger partial charge on any atom is -0.389 e. The summed E-state index contributed by atoms with van der Waals surface area (Å²) in [6, 6.07) is 4.78. The van der Waals surface area contributed by atoms with E-state index in [4.69, 9.17) is 0 Å². The summed E-state index contributed by atoms with van der Waals surface area (Å²) < 4.78 is 37.2. The highest BCUT2D eigenvalue weighted by molar-refractivity contribution is 9.10. The van der Waals surface area contributed by atoms with Crippen LogP contribution in [0.3, 0.4) is 0 Å². The lowest BCUT2D eigenvalue weighted by atomic mass is 10.1. The highest BCUT2D eigenvalue weighted by Crippen LogP contribution is 2.30. The van der Waals surface area contributed by atoms with Gasteiger partial charge in [-0.2, -0.15) is 13.2 Å². The minimum atomic E-state index is -4.24. The zero-order valence-corrected chi connectivity index (χ0v) is 11.0. The van der Waals surface area contributed by atoms with Gasteiger partial charge in [0.2, 0.25) is 0 Å². The summed E-state index contributed by atoms with van der Waals surface area (Å²) in [6.45, 7) is 0.584. The first-order valence-electron chi connectivity index (χ1n) is 4.96. The summed E-state index contributed by atoms with van der Waals surface area (Å²) in [6.07, 6.45) is -4.88. The molecule has 0 unspecified atom stereocenters. The van der Waals surface area contributed by atoms with Crippen LogP contribution >= 0.6 is 15.9 Å². The Morgan fingerprint density at radius 3 is 2.41 bits per heavy atom. The van der Waals surface area contributed by atoms with Crippen molar-refractivity contribution in [2.24, 2.45) is 0 Å². The Morgan fingerprint density at radius 1 is 1.41 bits per heavy atom. The maximum Gasteiger partial charge on any atom is 0.405 e. The molecule has 2 nitrogen and oxygen atoms in total. The third-order valence-electron chi connectivity index (χ3n) is 2.28. The van der Waals surface area contributed by atoms with E-state index in [9.17, 15) is 18.3 Å². The molecule has 0 aromatic heterocycles. The highest BCUT2D eigenvalue weighted by Gasteiger charge is 2.29. The molecule has 0 saturated carbocycles. The summed E-state index contributed by atoms with van der Waals surface area (Å²) in [5.41, 5.74) is 1.09. The van der Waals surface area contributed by atoms with Crippen molar-refractivity contribution in [2.45, 2.75) is 19.2 Å². The summed E-state index contributed by atoms with van der Waals surface area (Å²) in [7, 11) is 1.37. The summed E-state index contributed by atoms with van der Waals surface area (Å²) in [5.74, 6) is 0. The first kappa shape index (κ1) is 14.3. The SMILES string of the molecule is C[C@@H](O)c1ccc(N(C)CC(F)(F)F)c(Br)c1. The second kappa shape index (κ2) is 5.27. The topological polar surface area (TPSA) is 23.5 Å². The number of aliphatic hydroxyl groups is 1. The van der Waals surface area contributed by atoms with Crippen LogP contribution in [0, 0.1) is 0 Å². The molecule has 17 heavy (non-hydrogen) atoms. The fourth-order valence-corrected chi connectivity index (χ4v) is 2.15. The van der Waals surface area contributed by atoms with Gasteiger partial charge in [-0.1, -0.05) is 6.07 Å². The van der Waals surface area contributed by atoms with Gasteiger partial charge in [0.05, 0.1) is 11.8 Å². The van der Waals surface area contributed by atoms with Gasteiger partial charge in [-0.25, -0.2) is 0 Å². The van der Waals surface area contributed by atoms with Gasteiger partial charge in [-0.05, 0) is 40.5 Å². The Labute approximate surface area is 106 Å². The lowest BCUT2D eigenvalue weighted by molar-refractivity contribution is -0.119. The molecule has 0 aliphatic carbocycles. The molecule has 0 amide bonds. The van der Waals surface area contributed by atoms with Crippen LogP contribution in [0.5, 0.6) is 0 Å². The molecule has 1 atom stereocenters. The number of benzene rings is 1. The van der Waals surface area contributed by atoms with Crippen molar-refractivity contribution in [3.63, 3.8) is 0 Å². The molecule has 1 aromatic carbocycles. The molecular weight excluding hydrogens is 299 g/mol. The Balaban J connectivity index is 2.92. The first-order chi connectivity index (χ1) is 7.70. The smallest absolute Gasteiger partial charge is 0.389 e. The van der Waals surface area contributed by atoms with Gasteiger partial charge in [0.15, 0.2) is 0 Å². The van der Waals surface area contributed by atoms with E-state index in [1.807, 2.05) is 0 Å². The van der Waals surface area contributed by atoms with Crippen molar-refractivity contribution in [1.29, 1.82) is 0 Å². The molecule has 0 fully saturated rings. The number of aliphatic hydroxyl groups excluding tert-OH is 1. The number of halogens is 4. The molecule has 0 heterocycles.